The summed E-state index contributed by atoms with van der Waals surface area (Å²) in [6.45, 7) is 4.19. The first-order valence-electron chi connectivity index (χ1n) is 8.73. The van der Waals surface area contributed by atoms with Gasteiger partial charge in [0.05, 0.1) is 0 Å². The van der Waals surface area contributed by atoms with E-state index >= 15 is 0 Å². The Morgan fingerprint density at radius 2 is 1.65 bits per heavy atom. The van der Waals surface area contributed by atoms with E-state index in [1.165, 1.54) is 5.56 Å². The lowest BCUT2D eigenvalue weighted by Crippen LogP contribution is -2.31. The Bertz CT molecular complexity index is 696. The second-order valence-electron chi connectivity index (χ2n) is 6.26. The summed E-state index contributed by atoms with van der Waals surface area (Å²) in [5, 5.41) is 2.72. The van der Waals surface area contributed by atoms with Gasteiger partial charge in [0, 0.05) is 6.54 Å². The van der Waals surface area contributed by atoms with Crippen molar-refractivity contribution in [2.24, 2.45) is 0 Å². The summed E-state index contributed by atoms with van der Waals surface area (Å²) in [7, 11) is 0. The molecule has 0 bridgehead atoms. The number of hydrogen-bond donors (Lipinski definition) is 1. The van der Waals surface area contributed by atoms with Gasteiger partial charge in [0.1, 0.15) is 5.75 Å². The molecular weight excluding hydrogens is 330 g/mol. The molecule has 0 aliphatic heterocycles. The Balaban J connectivity index is 1.61. The zero-order chi connectivity index (χ0) is 18.8. The lowest BCUT2D eigenvalue weighted by molar-refractivity contribution is -0.150. The first-order valence-corrected chi connectivity index (χ1v) is 8.73. The molecule has 0 unspecified atom stereocenters. The van der Waals surface area contributed by atoms with Crippen LogP contribution < -0.4 is 10.1 Å². The normalized spacial score (nSPS) is 10.4. The molecule has 0 radical (unpaired) electrons. The molecule has 5 heteroatoms. The standard InChI is InChI=1S/C21H25NO4/c1-16(2)18-8-10-19(11-9-18)25-15-21(24)26-14-20(23)22-13-12-17-6-4-3-5-7-17/h3-11,16H,12-15H2,1-2H3,(H,22,23). The van der Waals surface area contributed by atoms with Gasteiger partial charge in [0.25, 0.3) is 5.91 Å². The molecule has 0 saturated heterocycles. The number of rotatable bonds is 9. The van der Waals surface area contributed by atoms with Crippen molar-refractivity contribution in [3.05, 3.63) is 65.7 Å². The van der Waals surface area contributed by atoms with Gasteiger partial charge >= 0.3 is 5.97 Å². The molecule has 0 atom stereocenters. The average Bonchev–Trinajstić information content (AvgIpc) is 2.66. The quantitative estimate of drug-likeness (QED) is 0.702. The summed E-state index contributed by atoms with van der Waals surface area (Å²) in [5.74, 6) is 0.139. The second-order valence-corrected chi connectivity index (χ2v) is 6.26. The molecule has 0 spiro atoms. The van der Waals surface area contributed by atoms with Crippen molar-refractivity contribution < 1.29 is 19.1 Å². The number of nitrogens with one attached hydrogen (secondary N) is 1. The average molecular weight is 355 g/mol. The minimum atomic E-state index is -0.573. The van der Waals surface area contributed by atoms with Gasteiger partial charge in [-0.3, -0.25) is 4.79 Å². The Kier molecular flexibility index (Phi) is 7.68. The molecule has 2 rings (SSSR count). The number of esters is 1. The van der Waals surface area contributed by atoms with Gasteiger partial charge in [-0.25, -0.2) is 4.79 Å². The topological polar surface area (TPSA) is 64.6 Å². The van der Waals surface area contributed by atoms with Crippen LogP contribution in [0.4, 0.5) is 0 Å². The van der Waals surface area contributed by atoms with Gasteiger partial charge < -0.3 is 14.8 Å². The van der Waals surface area contributed by atoms with Crippen molar-refractivity contribution in [2.75, 3.05) is 19.8 Å². The van der Waals surface area contributed by atoms with Crippen LogP contribution in [0.2, 0.25) is 0 Å². The summed E-state index contributed by atoms with van der Waals surface area (Å²) < 4.78 is 10.3. The molecule has 0 aliphatic carbocycles. The van der Waals surface area contributed by atoms with Crippen molar-refractivity contribution >= 4 is 11.9 Å². The molecule has 26 heavy (non-hydrogen) atoms. The van der Waals surface area contributed by atoms with Crippen LogP contribution in [-0.2, 0) is 20.7 Å². The van der Waals surface area contributed by atoms with Crippen LogP contribution in [0.3, 0.4) is 0 Å². The van der Waals surface area contributed by atoms with Crippen LogP contribution in [0.25, 0.3) is 0 Å². The van der Waals surface area contributed by atoms with Gasteiger partial charge in [-0.05, 0) is 35.6 Å². The Hall–Kier alpha value is -2.82. The first-order chi connectivity index (χ1) is 12.5. The van der Waals surface area contributed by atoms with Gasteiger partial charge in [-0.15, -0.1) is 0 Å². The number of ether oxygens (including phenoxy) is 2. The van der Waals surface area contributed by atoms with Crippen molar-refractivity contribution in [2.45, 2.75) is 26.2 Å². The number of carbonyl (C=O) groups is 2. The van der Waals surface area contributed by atoms with Gasteiger partial charge in [-0.1, -0.05) is 56.3 Å². The van der Waals surface area contributed by atoms with E-state index in [0.717, 1.165) is 12.0 Å². The predicted octanol–water partition coefficient (Wildman–Crippen LogP) is 3.09. The maximum absolute atomic E-state index is 11.7. The summed E-state index contributed by atoms with van der Waals surface area (Å²) in [5.41, 5.74) is 2.34. The second kappa shape index (κ2) is 10.2. The van der Waals surface area contributed by atoms with E-state index in [9.17, 15) is 9.59 Å². The third kappa shape index (κ3) is 6.97. The number of hydrogen-bond acceptors (Lipinski definition) is 4. The van der Waals surface area contributed by atoms with Gasteiger partial charge in [0.15, 0.2) is 13.2 Å². The molecule has 0 aliphatic rings. The zero-order valence-corrected chi connectivity index (χ0v) is 15.2. The van der Waals surface area contributed by atoms with Crippen LogP contribution in [-0.4, -0.2) is 31.6 Å². The molecule has 1 amide bonds. The molecular formula is C21H25NO4. The molecule has 5 nitrogen and oxygen atoms in total. The molecule has 2 aromatic rings. The van der Waals surface area contributed by atoms with Crippen molar-refractivity contribution in [1.29, 1.82) is 0 Å². The van der Waals surface area contributed by atoms with Crippen LogP contribution in [0.15, 0.2) is 54.6 Å². The van der Waals surface area contributed by atoms with Crippen molar-refractivity contribution in [1.82, 2.24) is 5.32 Å². The Morgan fingerprint density at radius 3 is 2.31 bits per heavy atom. The highest BCUT2D eigenvalue weighted by atomic mass is 16.6. The SMILES string of the molecule is CC(C)c1ccc(OCC(=O)OCC(=O)NCCc2ccccc2)cc1. The highest BCUT2D eigenvalue weighted by molar-refractivity contribution is 5.80. The maximum atomic E-state index is 11.7. The molecule has 2 aromatic carbocycles. The Morgan fingerprint density at radius 1 is 0.962 bits per heavy atom. The van der Waals surface area contributed by atoms with E-state index in [0.29, 0.717) is 18.2 Å². The largest absolute Gasteiger partial charge is 0.482 e. The molecule has 0 fully saturated rings. The first kappa shape index (κ1) is 19.5. The number of amides is 1. The lowest BCUT2D eigenvalue weighted by Gasteiger charge is -2.09. The van der Waals surface area contributed by atoms with E-state index in [2.05, 4.69) is 19.2 Å². The van der Waals surface area contributed by atoms with E-state index in [4.69, 9.17) is 9.47 Å². The molecule has 0 saturated carbocycles. The van der Waals surface area contributed by atoms with E-state index in [-0.39, 0.29) is 19.1 Å². The van der Waals surface area contributed by atoms with E-state index in [1.54, 1.807) is 0 Å². The van der Waals surface area contributed by atoms with Crippen molar-refractivity contribution in [3.8, 4) is 5.75 Å². The van der Waals surface area contributed by atoms with Crippen LogP contribution >= 0.6 is 0 Å². The van der Waals surface area contributed by atoms with Crippen LogP contribution in [0, 0.1) is 0 Å². The van der Waals surface area contributed by atoms with Gasteiger partial charge in [-0.2, -0.15) is 0 Å². The van der Waals surface area contributed by atoms with Crippen LogP contribution in [0.5, 0.6) is 5.75 Å². The van der Waals surface area contributed by atoms with E-state index < -0.39 is 5.97 Å². The molecule has 0 aromatic heterocycles. The third-order valence-corrected chi connectivity index (χ3v) is 3.85. The molecule has 0 heterocycles. The van der Waals surface area contributed by atoms with E-state index in [1.807, 2.05) is 54.6 Å². The smallest absolute Gasteiger partial charge is 0.344 e. The highest BCUT2D eigenvalue weighted by Crippen LogP contribution is 2.18. The fourth-order valence-electron chi connectivity index (χ4n) is 2.32. The minimum Gasteiger partial charge on any atom is -0.482 e. The summed E-state index contributed by atoms with van der Waals surface area (Å²) >= 11 is 0. The summed E-state index contributed by atoms with van der Waals surface area (Å²) in [6.07, 6.45) is 0.732. The fraction of sp³-hybridized carbons (Fsp3) is 0.333. The summed E-state index contributed by atoms with van der Waals surface area (Å²) in [6, 6.07) is 17.4. The fourth-order valence-corrected chi connectivity index (χ4v) is 2.32. The van der Waals surface area contributed by atoms with Gasteiger partial charge in [0.2, 0.25) is 0 Å². The molecule has 1 N–H and O–H groups in total. The zero-order valence-electron chi connectivity index (χ0n) is 15.2. The van der Waals surface area contributed by atoms with Crippen LogP contribution in [0.1, 0.15) is 30.9 Å². The third-order valence-electron chi connectivity index (χ3n) is 3.85. The van der Waals surface area contributed by atoms with Crippen molar-refractivity contribution in [3.63, 3.8) is 0 Å². The highest BCUT2D eigenvalue weighted by Gasteiger charge is 2.08. The number of benzene rings is 2. The summed E-state index contributed by atoms with van der Waals surface area (Å²) in [4.78, 5) is 23.3. The predicted molar refractivity (Wildman–Crippen MR) is 100 cm³/mol. The maximum Gasteiger partial charge on any atom is 0.344 e. The minimum absolute atomic E-state index is 0.224. The molecule has 138 valence electrons. The Labute approximate surface area is 154 Å². The number of carbonyl (C=O) groups excluding carboxylic acids is 2. The lowest BCUT2D eigenvalue weighted by atomic mass is 10.0. The monoisotopic (exact) mass is 355 g/mol.